The Bertz CT molecular complexity index is 981. The monoisotopic (exact) mass is 409 g/mol. The van der Waals surface area contributed by atoms with Crippen molar-refractivity contribution in [3.63, 3.8) is 0 Å². The van der Waals surface area contributed by atoms with Gasteiger partial charge in [0.15, 0.2) is 24.0 Å². The number of amides is 1. The number of aryl methyl sites for hydroxylation is 1. The number of halogens is 2. The predicted molar refractivity (Wildman–Crippen MR) is 94.7 cm³/mol. The molecule has 0 saturated carbocycles. The largest absolute Gasteiger partial charge is 0.462 e. The molecule has 29 heavy (non-hydrogen) atoms. The molecule has 2 rings (SSSR count). The van der Waals surface area contributed by atoms with Gasteiger partial charge in [-0.1, -0.05) is 0 Å². The number of Topliss-reactive ketones (excluding diaryl/α,β-unsaturated/α-hetero) is 1. The number of ketones is 1. The van der Waals surface area contributed by atoms with E-state index in [1.54, 1.807) is 6.92 Å². The third-order valence-electron chi connectivity index (χ3n) is 3.66. The van der Waals surface area contributed by atoms with E-state index in [1.807, 2.05) is 0 Å². The average molecular weight is 409 g/mol. The molecule has 154 valence electrons. The molecule has 0 unspecified atom stereocenters. The summed E-state index contributed by atoms with van der Waals surface area (Å²) in [6, 6.07) is 2.36. The van der Waals surface area contributed by atoms with E-state index in [4.69, 9.17) is 13.9 Å². The Kier molecular flexibility index (Phi) is 6.81. The fourth-order valence-corrected chi connectivity index (χ4v) is 2.45. The minimum absolute atomic E-state index is 0.0274. The molecule has 0 aliphatic rings. The summed E-state index contributed by atoms with van der Waals surface area (Å²) in [6.45, 7) is 3.43. The Morgan fingerprint density at radius 3 is 2.31 bits per heavy atom. The number of esters is 2. The number of ether oxygens (including phenoxy) is 2. The molecule has 0 fully saturated rings. The lowest BCUT2D eigenvalue weighted by Gasteiger charge is -2.07. The number of benzene rings is 1. The van der Waals surface area contributed by atoms with Crippen molar-refractivity contribution in [2.75, 3.05) is 18.5 Å². The number of furan rings is 1. The van der Waals surface area contributed by atoms with Gasteiger partial charge in [0.1, 0.15) is 11.3 Å². The van der Waals surface area contributed by atoms with Crippen LogP contribution in [0.3, 0.4) is 0 Å². The van der Waals surface area contributed by atoms with E-state index >= 15 is 0 Å². The maximum absolute atomic E-state index is 13.2. The van der Waals surface area contributed by atoms with Crippen molar-refractivity contribution in [2.24, 2.45) is 0 Å². The first-order valence-corrected chi connectivity index (χ1v) is 8.39. The maximum Gasteiger partial charge on any atom is 0.344 e. The highest BCUT2D eigenvalue weighted by Crippen LogP contribution is 2.28. The Balaban J connectivity index is 2.13. The maximum atomic E-state index is 13.2. The Labute approximate surface area is 163 Å². The number of hydrogen-bond acceptors (Lipinski definition) is 7. The van der Waals surface area contributed by atoms with Gasteiger partial charge in [0.2, 0.25) is 5.88 Å². The molecular formula is C19H17F2NO7. The van der Waals surface area contributed by atoms with Crippen molar-refractivity contribution in [3.8, 4) is 0 Å². The number of nitrogens with one attached hydrogen (secondary N) is 1. The molecular weight excluding hydrogens is 392 g/mol. The van der Waals surface area contributed by atoms with Crippen LogP contribution >= 0.6 is 0 Å². The van der Waals surface area contributed by atoms with Crippen LogP contribution in [0, 0.1) is 18.6 Å². The van der Waals surface area contributed by atoms with Gasteiger partial charge in [-0.05, 0) is 39.0 Å². The first kappa shape index (κ1) is 21.7. The highest BCUT2D eigenvalue weighted by atomic mass is 19.2. The van der Waals surface area contributed by atoms with Crippen LogP contribution in [0.2, 0.25) is 0 Å². The van der Waals surface area contributed by atoms with Crippen LogP contribution in [0.15, 0.2) is 22.6 Å². The molecule has 1 N–H and O–H groups in total. The standard InChI is InChI=1S/C19H17F2NO7/c1-4-27-19(26)16-15(9(2)23)10(3)29-17(16)22-14(24)8-28-18(25)11-5-6-12(20)13(21)7-11/h5-7H,4,8H2,1-3H3,(H,22,24). The van der Waals surface area contributed by atoms with Crippen molar-refractivity contribution in [3.05, 3.63) is 52.3 Å². The van der Waals surface area contributed by atoms with Gasteiger partial charge in [0.25, 0.3) is 5.91 Å². The summed E-state index contributed by atoms with van der Waals surface area (Å²) in [5.74, 6) is -5.93. The van der Waals surface area contributed by atoms with E-state index in [0.717, 1.165) is 12.1 Å². The van der Waals surface area contributed by atoms with E-state index in [9.17, 15) is 28.0 Å². The van der Waals surface area contributed by atoms with Crippen molar-refractivity contribution < 1.29 is 41.8 Å². The molecule has 0 spiro atoms. The minimum atomic E-state index is -1.24. The zero-order valence-electron chi connectivity index (χ0n) is 15.8. The quantitative estimate of drug-likeness (QED) is 0.553. The highest BCUT2D eigenvalue weighted by molar-refractivity contribution is 6.10. The van der Waals surface area contributed by atoms with Crippen molar-refractivity contribution >= 4 is 29.5 Å². The van der Waals surface area contributed by atoms with Gasteiger partial charge < -0.3 is 13.9 Å². The van der Waals surface area contributed by atoms with Gasteiger partial charge >= 0.3 is 11.9 Å². The lowest BCUT2D eigenvalue weighted by molar-refractivity contribution is -0.119. The van der Waals surface area contributed by atoms with Crippen molar-refractivity contribution in [2.45, 2.75) is 20.8 Å². The zero-order chi connectivity index (χ0) is 21.7. The third kappa shape index (κ3) is 5.03. The fraction of sp³-hybridized carbons (Fsp3) is 0.263. The van der Waals surface area contributed by atoms with Crippen LogP contribution in [-0.2, 0) is 14.3 Å². The molecule has 8 nitrogen and oxygen atoms in total. The Morgan fingerprint density at radius 1 is 1.03 bits per heavy atom. The number of carbonyl (C=O) groups is 4. The van der Waals surface area contributed by atoms with E-state index < -0.39 is 41.9 Å². The lowest BCUT2D eigenvalue weighted by atomic mass is 10.1. The van der Waals surface area contributed by atoms with E-state index in [1.165, 1.54) is 13.8 Å². The highest BCUT2D eigenvalue weighted by Gasteiger charge is 2.29. The Morgan fingerprint density at radius 2 is 1.72 bits per heavy atom. The predicted octanol–water partition coefficient (Wildman–Crippen LogP) is 3.04. The molecule has 2 aromatic rings. The molecule has 0 radical (unpaired) electrons. The van der Waals surface area contributed by atoms with Gasteiger partial charge in [-0.25, -0.2) is 18.4 Å². The number of rotatable bonds is 7. The second kappa shape index (κ2) is 9.09. The molecule has 0 aliphatic carbocycles. The smallest absolute Gasteiger partial charge is 0.344 e. The van der Waals surface area contributed by atoms with Gasteiger partial charge in [-0.15, -0.1) is 0 Å². The van der Waals surface area contributed by atoms with Crippen LogP contribution in [0.5, 0.6) is 0 Å². The normalized spacial score (nSPS) is 10.4. The second-order valence-corrected chi connectivity index (χ2v) is 5.77. The summed E-state index contributed by atoms with van der Waals surface area (Å²) < 4.78 is 41.0. The molecule has 1 heterocycles. The summed E-state index contributed by atoms with van der Waals surface area (Å²) in [5, 5.41) is 2.22. The second-order valence-electron chi connectivity index (χ2n) is 5.77. The summed E-state index contributed by atoms with van der Waals surface area (Å²) in [7, 11) is 0. The van der Waals surface area contributed by atoms with Crippen molar-refractivity contribution in [1.29, 1.82) is 0 Å². The van der Waals surface area contributed by atoms with E-state index in [2.05, 4.69) is 5.32 Å². The summed E-state index contributed by atoms with van der Waals surface area (Å²) in [4.78, 5) is 47.9. The first-order chi connectivity index (χ1) is 13.6. The Hall–Kier alpha value is -3.56. The van der Waals surface area contributed by atoms with Crippen LogP contribution in [0.4, 0.5) is 14.7 Å². The molecule has 1 aromatic heterocycles. The number of carbonyl (C=O) groups excluding carboxylic acids is 4. The van der Waals surface area contributed by atoms with Gasteiger partial charge in [-0.3, -0.25) is 14.9 Å². The lowest BCUT2D eigenvalue weighted by Crippen LogP contribution is -2.22. The average Bonchev–Trinajstić information content (AvgIpc) is 2.98. The van der Waals surface area contributed by atoms with Crippen LogP contribution in [0.1, 0.15) is 50.7 Å². The van der Waals surface area contributed by atoms with Crippen LogP contribution in [0.25, 0.3) is 0 Å². The third-order valence-corrected chi connectivity index (χ3v) is 3.66. The number of hydrogen-bond donors (Lipinski definition) is 1. The van der Waals surface area contributed by atoms with Crippen LogP contribution < -0.4 is 5.32 Å². The molecule has 0 bridgehead atoms. The molecule has 1 amide bonds. The SMILES string of the molecule is CCOC(=O)c1c(NC(=O)COC(=O)c2ccc(F)c(F)c2)oc(C)c1C(C)=O. The minimum Gasteiger partial charge on any atom is -0.462 e. The molecule has 1 aromatic carbocycles. The molecule has 0 atom stereocenters. The van der Waals surface area contributed by atoms with Crippen LogP contribution in [-0.4, -0.2) is 36.8 Å². The summed E-state index contributed by atoms with van der Waals surface area (Å²) in [6.07, 6.45) is 0. The van der Waals surface area contributed by atoms with E-state index in [-0.39, 0.29) is 34.9 Å². The van der Waals surface area contributed by atoms with E-state index in [0.29, 0.717) is 6.07 Å². The molecule has 0 aliphatic heterocycles. The molecule has 0 saturated heterocycles. The summed E-state index contributed by atoms with van der Waals surface area (Å²) >= 11 is 0. The summed E-state index contributed by atoms with van der Waals surface area (Å²) in [5.41, 5.74) is -0.591. The fourth-order valence-electron chi connectivity index (χ4n) is 2.45. The zero-order valence-corrected chi connectivity index (χ0v) is 15.8. The van der Waals surface area contributed by atoms with Gasteiger partial charge in [-0.2, -0.15) is 0 Å². The van der Waals surface area contributed by atoms with Gasteiger partial charge in [0, 0.05) is 0 Å². The number of anilines is 1. The first-order valence-electron chi connectivity index (χ1n) is 8.39. The van der Waals surface area contributed by atoms with Gasteiger partial charge in [0.05, 0.1) is 17.7 Å². The molecule has 10 heteroatoms. The van der Waals surface area contributed by atoms with Crippen molar-refractivity contribution in [1.82, 2.24) is 0 Å². The topological polar surface area (TPSA) is 112 Å².